The van der Waals surface area contributed by atoms with Crippen molar-refractivity contribution in [1.82, 2.24) is 15.5 Å². The van der Waals surface area contributed by atoms with Crippen molar-refractivity contribution < 1.29 is 4.79 Å². The van der Waals surface area contributed by atoms with Gasteiger partial charge in [-0.3, -0.25) is 4.79 Å². The second-order valence-corrected chi connectivity index (χ2v) is 6.11. The van der Waals surface area contributed by atoms with Gasteiger partial charge in [-0.2, -0.15) is 0 Å². The van der Waals surface area contributed by atoms with Gasteiger partial charge in [-0.05, 0) is 45.8 Å². The molecule has 2 N–H and O–H groups in total. The topological polar surface area (TPSA) is 44.4 Å². The predicted octanol–water partition coefficient (Wildman–Crippen LogP) is 1.25. The first-order chi connectivity index (χ1) is 7.83. The number of hydrogen-bond donors (Lipinski definition) is 2. The minimum atomic E-state index is 0. The Bertz CT molecular complexity index is 263. The highest BCUT2D eigenvalue weighted by atomic mass is 35.5. The number of nitrogens with one attached hydrogen (secondary N) is 2. The van der Waals surface area contributed by atoms with Crippen molar-refractivity contribution in [2.75, 3.05) is 27.2 Å². The molecule has 1 unspecified atom stereocenters. The molecule has 1 amide bonds. The van der Waals surface area contributed by atoms with Crippen LogP contribution in [0.5, 0.6) is 0 Å². The molecule has 1 heterocycles. The van der Waals surface area contributed by atoms with E-state index in [1.165, 1.54) is 0 Å². The molecule has 0 saturated carbocycles. The molecule has 1 rings (SSSR count). The zero-order valence-corrected chi connectivity index (χ0v) is 13.1. The van der Waals surface area contributed by atoms with E-state index in [1.54, 1.807) is 0 Å². The normalized spacial score (nSPS) is 21.6. The Labute approximate surface area is 117 Å². The molecule has 1 saturated heterocycles. The molecule has 0 aromatic heterocycles. The molecule has 0 aromatic carbocycles. The van der Waals surface area contributed by atoms with Gasteiger partial charge in [0.15, 0.2) is 0 Å². The zero-order valence-electron chi connectivity index (χ0n) is 12.2. The standard InChI is InChI=1S/C13H27N3O.ClH/c1-10(13(2,3)9-16(4)5)15-12(17)11-7-6-8-14-11;/h10-11,14H,6-9H2,1-5H3,(H,15,17);1H/t10?,11-;/m0./s1. The molecule has 108 valence electrons. The quantitative estimate of drug-likeness (QED) is 0.795. The predicted molar refractivity (Wildman–Crippen MR) is 78.2 cm³/mol. The summed E-state index contributed by atoms with van der Waals surface area (Å²) in [6.07, 6.45) is 2.07. The lowest BCUT2D eigenvalue weighted by Crippen LogP contribution is -2.51. The number of hydrogen-bond acceptors (Lipinski definition) is 3. The lowest BCUT2D eigenvalue weighted by atomic mass is 9.84. The monoisotopic (exact) mass is 277 g/mol. The molecule has 18 heavy (non-hydrogen) atoms. The Morgan fingerprint density at radius 1 is 1.50 bits per heavy atom. The molecule has 0 aliphatic carbocycles. The van der Waals surface area contributed by atoms with E-state index < -0.39 is 0 Å². The van der Waals surface area contributed by atoms with Crippen molar-refractivity contribution in [1.29, 1.82) is 0 Å². The summed E-state index contributed by atoms with van der Waals surface area (Å²) in [4.78, 5) is 14.2. The van der Waals surface area contributed by atoms with E-state index >= 15 is 0 Å². The summed E-state index contributed by atoms with van der Waals surface area (Å²) in [6, 6.07) is 0.201. The summed E-state index contributed by atoms with van der Waals surface area (Å²) in [6.45, 7) is 8.41. The summed E-state index contributed by atoms with van der Waals surface area (Å²) in [5, 5.41) is 6.37. The smallest absolute Gasteiger partial charge is 0.237 e. The molecule has 1 aliphatic rings. The van der Waals surface area contributed by atoms with E-state index in [2.05, 4.69) is 50.4 Å². The van der Waals surface area contributed by atoms with Crippen molar-refractivity contribution in [3.63, 3.8) is 0 Å². The largest absolute Gasteiger partial charge is 0.352 e. The third-order valence-electron chi connectivity index (χ3n) is 3.63. The van der Waals surface area contributed by atoms with Crippen LogP contribution in [0.2, 0.25) is 0 Å². The van der Waals surface area contributed by atoms with Gasteiger partial charge in [-0.15, -0.1) is 12.4 Å². The zero-order chi connectivity index (χ0) is 13.1. The van der Waals surface area contributed by atoms with Gasteiger partial charge in [0.05, 0.1) is 6.04 Å². The summed E-state index contributed by atoms with van der Waals surface area (Å²) in [5.74, 6) is 0.154. The van der Waals surface area contributed by atoms with E-state index in [0.717, 1.165) is 25.9 Å². The summed E-state index contributed by atoms with van der Waals surface area (Å²) < 4.78 is 0. The Morgan fingerprint density at radius 2 is 2.11 bits per heavy atom. The lowest BCUT2D eigenvalue weighted by molar-refractivity contribution is -0.124. The van der Waals surface area contributed by atoms with Crippen molar-refractivity contribution in [2.45, 2.75) is 45.7 Å². The molecule has 1 aliphatic heterocycles. The van der Waals surface area contributed by atoms with Crippen LogP contribution in [0.1, 0.15) is 33.6 Å². The highest BCUT2D eigenvalue weighted by Gasteiger charge is 2.30. The van der Waals surface area contributed by atoms with E-state index in [-0.39, 0.29) is 35.8 Å². The summed E-state index contributed by atoms with van der Waals surface area (Å²) in [7, 11) is 4.13. The van der Waals surface area contributed by atoms with Crippen molar-refractivity contribution in [3.05, 3.63) is 0 Å². The molecule has 0 spiro atoms. The van der Waals surface area contributed by atoms with Crippen LogP contribution in [0, 0.1) is 5.41 Å². The Balaban J connectivity index is 0.00000289. The van der Waals surface area contributed by atoms with Gasteiger partial charge in [-0.25, -0.2) is 0 Å². The highest BCUT2D eigenvalue weighted by Crippen LogP contribution is 2.21. The van der Waals surface area contributed by atoms with E-state index in [0.29, 0.717) is 0 Å². The number of amides is 1. The van der Waals surface area contributed by atoms with E-state index in [9.17, 15) is 4.79 Å². The van der Waals surface area contributed by atoms with Gasteiger partial charge < -0.3 is 15.5 Å². The van der Waals surface area contributed by atoms with Gasteiger partial charge in [0.1, 0.15) is 0 Å². The third-order valence-corrected chi connectivity index (χ3v) is 3.63. The fourth-order valence-electron chi connectivity index (χ4n) is 2.37. The van der Waals surface area contributed by atoms with Crippen LogP contribution < -0.4 is 10.6 Å². The Morgan fingerprint density at radius 3 is 2.56 bits per heavy atom. The lowest BCUT2D eigenvalue weighted by Gasteiger charge is -2.35. The van der Waals surface area contributed by atoms with Gasteiger partial charge >= 0.3 is 0 Å². The maximum Gasteiger partial charge on any atom is 0.237 e. The van der Waals surface area contributed by atoms with Crippen molar-refractivity contribution in [2.24, 2.45) is 5.41 Å². The molecule has 0 radical (unpaired) electrons. The van der Waals surface area contributed by atoms with E-state index in [4.69, 9.17) is 0 Å². The number of carbonyl (C=O) groups is 1. The fraction of sp³-hybridized carbons (Fsp3) is 0.923. The summed E-state index contributed by atoms with van der Waals surface area (Å²) in [5.41, 5.74) is 0.0811. The molecule has 0 bridgehead atoms. The third kappa shape index (κ3) is 5.12. The van der Waals surface area contributed by atoms with Crippen LogP contribution in [-0.2, 0) is 4.79 Å². The van der Waals surface area contributed by atoms with Gasteiger partial charge in [0, 0.05) is 12.6 Å². The molecular formula is C13H28ClN3O. The average Bonchev–Trinajstić information content (AvgIpc) is 2.67. The maximum absolute atomic E-state index is 12.0. The number of carbonyl (C=O) groups excluding carboxylic acids is 1. The molecular weight excluding hydrogens is 250 g/mol. The van der Waals surface area contributed by atoms with Gasteiger partial charge in [0.25, 0.3) is 0 Å². The van der Waals surface area contributed by atoms with E-state index in [1.807, 2.05) is 0 Å². The van der Waals surface area contributed by atoms with Crippen LogP contribution in [0.3, 0.4) is 0 Å². The van der Waals surface area contributed by atoms with Crippen molar-refractivity contribution in [3.8, 4) is 0 Å². The second kappa shape index (κ2) is 7.31. The molecule has 1 fully saturated rings. The Hall–Kier alpha value is -0.320. The van der Waals surface area contributed by atoms with Crippen LogP contribution in [0.4, 0.5) is 0 Å². The SMILES string of the molecule is CC(NC(=O)[C@@H]1CCCN1)C(C)(C)CN(C)C.Cl. The second-order valence-electron chi connectivity index (χ2n) is 6.11. The summed E-state index contributed by atoms with van der Waals surface area (Å²) >= 11 is 0. The fourth-order valence-corrected chi connectivity index (χ4v) is 2.37. The Kier molecular flexibility index (Phi) is 7.18. The minimum Gasteiger partial charge on any atom is -0.352 e. The first kappa shape index (κ1) is 17.7. The minimum absolute atomic E-state index is 0. The molecule has 5 heteroatoms. The van der Waals surface area contributed by atoms with Gasteiger partial charge in [-0.1, -0.05) is 13.8 Å². The molecule has 4 nitrogen and oxygen atoms in total. The van der Waals surface area contributed by atoms with Crippen LogP contribution in [0.25, 0.3) is 0 Å². The maximum atomic E-state index is 12.0. The number of nitrogens with zero attached hydrogens (tertiary/aromatic N) is 1. The molecule has 2 atom stereocenters. The number of halogens is 1. The average molecular weight is 278 g/mol. The van der Waals surface area contributed by atoms with Crippen LogP contribution >= 0.6 is 12.4 Å². The number of rotatable bonds is 5. The van der Waals surface area contributed by atoms with Gasteiger partial charge in [0.2, 0.25) is 5.91 Å². The first-order valence-corrected chi connectivity index (χ1v) is 6.51. The van der Waals surface area contributed by atoms with Crippen molar-refractivity contribution >= 4 is 18.3 Å². The molecule has 0 aromatic rings. The highest BCUT2D eigenvalue weighted by molar-refractivity contribution is 5.85. The van der Waals surface area contributed by atoms with Crippen LogP contribution in [-0.4, -0.2) is 50.1 Å². The first-order valence-electron chi connectivity index (χ1n) is 6.51. The van der Waals surface area contributed by atoms with Crippen LogP contribution in [0.15, 0.2) is 0 Å².